The third-order valence-electron chi connectivity index (χ3n) is 4.04. The summed E-state index contributed by atoms with van der Waals surface area (Å²) in [5.74, 6) is 1.77. The van der Waals surface area contributed by atoms with Crippen molar-refractivity contribution in [2.45, 2.75) is 26.8 Å². The molecule has 3 heterocycles. The lowest BCUT2D eigenvalue weighted by molar-refractivity contribution is 0.0786. The summed E-state index contributed by atoms with van der Waals surface area (Å²) in [5, 5.41) is 3.89. The molecule has 20 heavy (non-hydrogen) atoms. The maximum absolute atomic E-state index is 12.3. The number of rotatable bonds is 3. The number of aryl methyl sites for hydroxylation is 2. The van der Waals surface area contributed by atoms with Crippen LogP contribution in [-0.4, -0.2) is 33.4 Å². The fourth-order valence-electron chi connectivity index (χ4n) is 2.85. The van der Waals surface area contributed by atoms with E-state index in [0.717, 1.165) is 37.4 Å². The fourth-order valence-corrected chi connectivity index (χ4v) is 3.48. The molecule has 1 amide bonds. The molecule has 0 N–H and O–H groups in total. The van der Waals surface area contributed by atoms with Crippen LogP contribution in [0.3, 0.4) is 0 Å². The summed E-state index contributed by atoms with van der Waals surface area (Å²) in [6.45, 7) is 6.81. The predicted molar refractivity (Wildman–Crippen MR) is 80.0 cm³/mol. The summed E-state index contributed by atoms with van der Waals surface area (Å²) >= 11 is 1.58. The van der Waals surface area contributed by atoms with E-state index in [1.807, 2.05) is 34.8 Å². The molecule has 3 rings (SSSR count). The molecule has 5 heteroatoms. The molecule has 106 valence electrons. The molecule has 1 fully saturated rings. The van der Waals surface area contributed by atoms with Gasteiger partial charge in [-0.15, -0.1) is 0 Å². The van der Waals surface area contributed by atoms with Crippen LogP contribution in [0, 0.1) is 19.8 Å². The highest BCUT2D eigenvalue weighted by Crippen LogP contribution is 2.22. The second kappa shape index (κ2) is 5.40. The van der Waals surface area contributed by atoms with Gasteiger partial charge in [0, 0.05) is 36.9 Å². The van der Waals surface area contributed by atoms with E-state index in [2.05, 4.69) is 16.5 Å². The van der Waals surface area contributed by atoms with Crippen LogP contribution in [0.1, 0.15) is 28.3 Å². The normalized spacial score (nSPS) is 18.7. The largest absolute Gasteiger partial charge is 0.338 e. The molecule has 1 saturated heterocycles. The van der Waals surface area contributed by atoms with Crippen molar-refractivity contribution < 1.29 is 4.79 Å². The molecule has 0 spiro atoms. The van der Waals surface area contributed by atoms with Crippen LogP contribution in [0.4, 0.5) is 0 Å². The summed E-state index contributed by atoms with van der Waals surface area (Å²) in [5.41, 5.74) is 2.02. The molecule has 0 radical (unpaired) electrons. The zero-order valence-electron chi connectivity index (χ0n) is 11.9. The average molecular weight is 289 g/mol. The van der Waals surface area contributed by atoms with Gasteiger partial charge in [-0.05, 0) is 37.6 Å². The zero-order chi connectivity index (χ0) is 14.1. The minimum Gasteiger partial charge on any atom is -0.338 e. The maximum atomic E-state index is 12.3. The van der Waals surface area contributed by atoms with Crippen LogP contribution in [0.15, 0.2) is 23.0 Å². The van der Waals surface area contributed by atoms with E-state index in [9.17, 15) is 4.79 Å². The van der Waals surface area contributed by atoms with Gasteiger partial charge in [0.1, 0.15) is 5.82 Å². The van der Waals surface area contributed by atoms with Gasteiger partial charge in [-0.3, -0.25) is 4.79 Å². The fraction of sp³-hybridized carbons (Fsp3) is 0.467. The first-order valence-electron chi connectivity index (χ1n) is 6.95. The van der Waals surface area contributed by atoms with Crippen molar-refractivity contribution in [1.29, 1.82) is 0 Å². The first kappa shape index (κ1) is 13.4. The standard InChI is InChI=1S/C15H19N3OS/c1-11-7-16-12(2)18(11)9-13-3-5-17(8-13)15(19)14-4-6-20-10-14/h4,6-7,10,13H,3,5,8-9H2,1-2H3. The van der Waals surface area contributed by atoms with Crippen LogP contribution in [0.25, 0.3) is 0 Å². The van der Waals surface area contributed by atoms with Crippen LogP contribution < -0.4 is 0 Å². The van der Waals surface area contributed by atoms with Gasteiger partial charge in [0.25, 0.3) is 5.91 Å². The minimum absolute atomic E-state index is 0.174. The number of nitrogens with zero attached hydrogens (tertiary/aromatic N) is 3. The summed E-state index contributed by atoms with van der Waals surface area (Å²) in [6.07, 6.45) is 2.99. The second-order valence-corrected chi connectivity index (χ2v) is 6.26. The van der Waals surface area contributed by atoms with Gasteiger partial charge < -0.3 is 9.47 Å². The van der Waals surface area contributed by atoms with Gasteiger partial charge in [-0.2, -0.15) is 11.3 Å². The number of amides is 1. The zero-order valence-corrected chi connectivity index (χ0v) is 12.7. The lowest BCUT2D eigenvalue weighted by Gasteiger charge is -2.17. The van der Waals surface area contributed by atoms with Crippen molar-refractivity contribution in [2.75, 3.05) is 13.1 Å². The molecular formula is C15H19N3OS. The van der Waals surface area contributed by atoms with Gasteiger partial charge in [-0.1, -0.05) is 0 Å². The highest BCUT2D eigenvalue weighted by molar-refractivity contribution is 7.08. The molecule has 1 aliphatic rings. The van der Waals surface area contributed by atoms with Gasteiger partial charge in [0.15, 0.2) is 0 Å². The van der Waals surface area contributed by atoms with Gasteiger partial charge in [0.2, 0.25) is 0 Å². The molecule has 0 saturated carbocycles. The van der Waals surface area contributed by atoms with Gasteiger partial charge in [0.05, 0.1) is 5.56 Å². The van der Waals surface area contributed by atoms with Crippen molar-refractivity contribution in [3.05, 3.63) is 40.1 Å². The molecule has 0 aliphatic carbocycles. The van der Waals surface area contributed by atoms with E-state index in [4.69, 9.17) is 0 Å². The van der Waals surface area contributed by atoms with E-state index in [0.29, 0.717) is 5.92 Å². The number of thiophene rings is 1. The van der Waals surface area contributed by atoms with Crippen LogP contribution in [0.2, 0.25) is 0 Å². The van der Waals surface area contributed by atoms with Crippen LogP contribution in [-0.2, 0) is 6.54 Å². The van der Waals surface area contributed by atoms with E-state index in [-0.39, 0.29) is 5.91 Å². The molecular weight excluding hydrogens is 270 g/mol. The van der Waals surface area contributed by atoms with Gasteiger partial charge >= 0.3 is 0 Å². The SMILES string of the molecule is Cc1cnc(C)n1CC1CCN(C(=O)c2ccsc2)C1. The third-order valence-corrected chi connectivity index (χ3v) is 4.72. The molecule has 1 unspecified atom stereocenters. The van der Waals surface area contributed by atoms with E-state index < -0.39 is 0 Å². The number of imidazole rings is 1. The third kappa shape index (κ3) is 2.50. The molecule has 1 aliphatic heterocycles. The summed E-state index contributed by atoms with van der Waals surface area (Å²) in [7, 11) is 0. The number of carbonyl (C=O) groups is 1. The Kier molecular flexibility index (Phi) is 3.61. The van der Waals surface area contributed by atoms with Gasteiger partial charge in [-0.25, -0.2) is 4.98 Å². The topological polar surface area (TPSA) is 38.1 Å². The van der Waals surface area contributed by atoms with Crippen molar-refractivity contribution in [2.24, 2.45) is 5.92 Å². The number of likely N-dealkylation sites (tertiary alicyclic amines) is 1. The molecule has 2 aromatic rings. The Morgan fingerprint density at radius 1 is 1.50 bits per heavy atom. The number of hydrogen-bond acceptors (Lipinski definition) is 3. The molecule has 1 atom stereocenters. The quantitative estimate of drug-likeness (QED) is 0.871. The maximum Gasteiger partial charge on any atom is 0.254 e. The van der Waals surface area contributed by atoms with Crippen molar-refractivity contribution >= 4 is 17.2 Å². The average Bonchev–Trinajstić information content (AvgIpc) is 3.15. The lowest BCUT2D eigenvalue weighted by atomic mass is 10.1. The highest BCUT2D eigenvalue weighted by Gasteiger charge is 2.27. The molecule has 0 bridgehead atoms. The van der Waals surface area contributed by atoms with Crippen LogP contribution in [0.5, 0.6) is 0 Å². The first-order valence-corrected chi connectivity index (χ1v) is 7.89. The van der Waals surface area contributed by atoms with E-state index in [1.54, 1.807) is 11.3 Å². The Morgan fingerprint density at radius 3 is 3.00 bits per heavy atom. The monoisotopic (exact) mass is 289 g/mol. The number of aromatic nitrogens is 2. The van der Waals surface area contributed by atoms with Crippen LogP contribution >= 0.6 is 11.3 Å². The van der Waals surface area contributed by atoms with E-state index in [1.165, 1.54) is 5.69 Å². The van der Waals surface area contributed by atoms with Crippen molar-refractivity contribution in [1.82, 2.24) is 14.5 Å². The Morgan fingerprint density at radius 2 is 2.35 bits per heavy atom. The lowest BCUT2D eigenvalue weighted by Crippen LogP contribution is -2.29. The molecule has 0 aromatic carbocycles. The Labute approximate surface area is 123 Å². The predicted octanol–water partition coefficient (Wildman–Crippen LogP) is 2.72. The molecule has 2 aromatic heterocycles. The Hall–Kier alpha value is -1.62. The van der Waals surface area contributed by atoms with E-state index >= 15 is 0 Å². The summed E-state index contributed by atoms with van der Waals surface area (Å²) < 4.78 is 2.25. The van der Waals surface area contributed by atoms with Crippen molar-refractivity contribution in [3.8, 4) is 0 Å². The highest BCUT2D eigenvalue weighted by atomic mass is 32.1. The Balaban J connectivity index is 1.64. The van der Waals surface area contributed by atoms with Crippen molar-refractivity contribution in [3.63, 3.8) is 0 Å². The molecule has 4 nitrogen and oxygen atoms in total. The minimum atomic E-state index is 0.174. The second-order valence-electron chi connectivity index (χ2n) is 5.48. The Bertz CT molecular complexity index is 583. The number of carbonyl (C=O) groups excluding carboxylic acids is 1. The first-order chi connectivity index (χ1) is 9.65. The summed E-state index contributed by atoms with van der Waals surface area (Å²) in [6, 6.07) is 1.91. The summed E-state index contributed by atoms with van der Waals surface area (Å²) in [4.78, 5) is 18.6. The smallest absolute Gasteiger partial charge is 0.254 e. The number of hydrogen-bond donors (Lipinski definition) is 0.